The van der Waals surface area contributed by atoms with E-state index in [2.05, 4.69) is 102 Å². The highest BCUT2D eigenvalue weighted by molar-refractivity contribution is 5.66. The fraction of sp³-hybridized carbons (Fsp3) is 0.417. The molecule has 0 atom stereocenters. The first-order valence-corrected chi connectivity index (χ1v) is 9.68. The van der Waals surface area contributed by atoms with E-state index < -0.39 is 0 Å². The van der Waals surface area contributed by atoms with Crippen molar-refractivity contribution in [1.82, 2.24) is 0 Å². The smallest absolute Gasteiger partial charge is 0.0468 e. The van der Waals surface area contributed by atoms with Crippen LogP contribution >= 0.6 is 0 Å². The van der Waals surface area contributed by atoms with E-state index in [0.29, 0.717) is 0 Å². The zero-order valence-corrected chi connectivity index (χ0v) is 17.8. The topological polar surface area (TPSA) is 6.48 Å². The minimum atomic E-state index is 0.958. The third-order valence-corrected chi connectivity index (χ3v) is 5.38. The molecule has 0 aliphatic rings. The first-order valence-electron chi connectivity index (χ1n) is 9.68. The van der Waals surface area contributed by atoms with Crippen molar-refractivity contribution >= 4 is 11.4 Å². The first kappa shape index (κ1) is 20.1. The molecule has 0 aliphatic heterocycles. The monoisotopic (exact) mass is 350 g/mol. The predicted molar refractivity (Wildman–Crippen MR) is 116 cm³/mol. The second-order valence-corrected chi connectivity index (χ2v) is 7.14. The minimum Gasteiger partial charge on any atom is -0.344 e. The fourth-order valence-electron chi connectivity index (χ4n) is 3.98. The van der Waals surface area contributed by atoms with Crippen molar-refractivity contribution < 1.29 is 0 Å². The number of rotatable bonds is 6. The third-order valence-electron chi connectivity index (χ3n) is 5.38. The maximum Gasteiger partial charge on any atom is 0.0468 e. The lowest BCUT2D eigenvalue weighted by atomic mass is 10.1. The third kappa shape index (κ3) is 3.80. The van der Waals surface area contributed by atoms with Gasteiger partial charge in [-0.3, -0.25) is 0 Å². The van der Waals surface area contributed by atoms with Gasteiger partial charge in [0, 0.05) is 35.9 Å². The molecule has 0 saturated carbocycles. The van der Waals surface area contributed by atoms with Crippen LogP contribution in [0.25, 0.3) is 0 Å². The summed E-state index contributed by atoms with van der Waals surface area (Å²) in [6.45, 7) is 19.7. The number of hydrogen-bond donors (Lipinski definition) is 0. The van der Waals surface area contributed by atoms with Crippen LogP contribution in [-0.2, 0) is 0 Å². The highest BCUT2D eigenvalue weighted by Crippen LogP contribution is 2.32. The molecule has 0 aliphatic carbocycles. The summed E-state index contributed by atoms with van der Waals surface area (Å²) in [5.41, 5.74) is 10.6. The Morgan fingerprint density at radius 3 is 1.12 bits per heavy atom. The summed E-state index contributed by atoms with van der Waals surface area (Å²) < 4.78 is 0. The van der Waals surface area contributed by atoms with Crippen LogP contribution in [0.2, 0.25) is 0 Å². The molecule has 0 amide bonds. The van der Waals surface area contributed by atoms with Gasteiger partial charge in [-0.05, 0) is 77.6 Å². The van der Waals surface area contributed by atoms with Crippen molar-refractivity contribution in [3.8, 4) is 0 Å². The molecule has 2 nitrogen and oxygen atoms in total. The lowest BCUT2D eigenvalue weighted by molar-refractivity contribution is 0.868. The van der Waals surface area contributed by atoms with Crippen LogP contribution in [0.4, 0.5) is 11.4 Å². The lowest BCUT2D eigenvalue weighted by Gasteiger charge is -2.34. The SMILES string of the molecule is CCN(/C(C)=C(/C)N(CC)c1c(C)cccc1C)c1c(C)cccc1C. The van der Waals surface area contributed by atoms with Crippen LogP contribution in [0.15, 0.2) is 47.8 Å². The normalized spacial score (nSPS) is 12.0. The fourth-order valence-corrected chi connectivity index (χ4v) is 3.98. The number of para-hydroxylation sites is 2. The van der Waals surface area contributed by atoms with Gasteiger partial charge in [-0.25, -0.2) is 0 Å². The molecule has 0 bridgehead atoms. The number of aryl methyl sites for hydroxylation is 4. The number of nitrogens with zero attached hydrogens (tertiary/aromatic N) is 2. The van der Waals surface area contributed by atoms with E-state index in [0.717, 1.165) is 13.1 Å². The van der Waals surface area contributed by atoms with E-state index in [-0.39, 0.29) is 0 Å². The van der Waals surface area contributed by atoms with Gasteiger partial charge >= 0.3 is 0 Å². The predicted octanol–water partition coefficient (Wildman–Crippen LogP) is 6.52. The van der Waals surface area contributed by atoms with Crippen LogP contribution < -0.4 is 9.80 Å². The van der Waals surface area contributed by atoms with Crippen LogP contribution in [0, 0.1) is 27.7 Å². The van der Waals surface area contributed by atoms with Crippen molar-refractivity contribution in [1.29, 1.82) is 0 Å². The highest BCUT2D eigenvalue weighted by atomic mass is 15.2. The molecule has 26 heavy (non-hydrogen) atoms. The quantitative estimate of drug-likeness (QED) is 0.585. The van der Waals surface area contributed by atoms with Gasteiger partial charge in [0.05, 0.1) is 0 Å². The molecule has 2 aromatic rings. The average Bonchev–Trinajstić information content (AvgIpc) is 2.60. The van der Waals surface area contributed by atoms with Gasteiger partial charge in [0.25, 0.3) is 0 Å². The van der Waals surface area contributed by atoms with Gasteiger partial charge in [-0.2, -0.15) is 0 Å². The molecule has 0 unspecified atom stereocenters. The van der Waals surface area contributed by atoms with Gasteiger partial charge in [-0.15, -0.1) is 0 Å². The zero-order valence-electron chi connectivity index (χ0n) is 17.8. The summed E-state index contributed by atoms with van der Waals surface area (Å²) in [6.07, 6.45) is 0. The van der Waals surface area contributed by atoms with Crippen molar-refractivity contribution in [3.05, 3.63) is 70.0 Å². The standard InChI is InChI=1S/C24H34N2/c1-9-25(23-17(3)13-11-14-18(23)4)21(7)22(8)26(10-2)24-19(5)15-12-16-20(24)6/h11-16H,9-10H2,1-8H3/b22-21-. The Hall–Kier alpha value is -2.22. The largest absolute Gasteiger partial charge is 0.344 e. The number of allylic oxidation sites excluding steroid dienone is 2. The first-order chi connectivity index (χ1) is 12.3. The van der Waals surface area contributed by atoms with E-state index >= 15 is 0 Å². The van der Waals surface area contributed by atoms with Crippen molar-refractivity contribution in [2.45, 2.75) is 55.4 Å². The average molecular weight is 351 g/mol. The molecule has 0 aromatic heterocycles. The highest BCUT2D eigenvalue weighted by Gasteiger charge is 2.18. The van der Waals surface area contributed by atoms with Crippen LogP contribution in [0.5, 0.6) is 0 Å². The summed E-state index contributed by atoms with van der Waals surface area (Å²) >= 11 is 0. The molecule has 0 heterocycles. The Morgan fingerprint density at radius 2 is 0.885 bits per heavy atom. The molecule has 2 aromatic carbocycles. The van der Waals surface area contributed by atoms with Crippen LogP contribution in [-0.4, -0.2) is 13.1 Å². The number of benzene rings is 2. The summed E-state index contributed by atoms with van der Waals surface area (Å²) in [7, 11) is 0. The van der Waals surface area contributed by atoms with Crippen molar-refractivity contribution in [3.63, 3.8) is 0 Å². The van der Waals surface area contributed by atoms with E-state index in [1.165, 1.54) is 45.0 Å². The molecule has 0 saturated heterocycles. The van der Waals surface area contributed by atoms with Gasteiger partial charge in [-0.1, -0.05) is 36.4 Å². The maximum absolute atomic E-state index is 2.45. The summed E-state index contributed by atoms with van der Waals surface area (Å²) in [5, 5.41) is 0. The molecule has 0 radical (unpaired) electrons. The molecular weight excluding hydrogens is 316 g/mol. The number of anilines is 2. The number of hydrogen-bond acceptors (Lipinski definition) is 2. The van der Waals surface area contributed by atoms with E-state index in [9.17, 15) is 0 Å². The summed E-state index contributed by atoms with van der Waals surface area (Å²) in [5.74, 6) is 0. The summed E-state index contributed by atoms with van der Waals surface area (Å²) in [4.78, 5) is 4.91. The minimum absolute atomic E-state index is 0.958. The molecule has 0 N–H and O–H groups in total. The Kier molecular flexibility index (Phi) is 6.52. The van der Waals surface area contributed by atoms with Crippen LogP contribution in [0.3, 0.4) is 0 Å². The summed E-state index contributed by atoms with van der Waals surface area (Å²) in [6, 6.07) is 13.1. The van der Waals surface area contributed by atoms with E-state index in [1.54, 1.807) is 0 Å². The van der Waals surface area contributed by atoms with Gasteiger partial charge in [0.1, 0.15) is 0 Å². The second-order valence-electron chi connectivity index (χ2n) is 7.14. The van der Waals surface area contributed by atoms with Crippen molar-refractivity contribution in [2.24, 2.45) is 0 Å². The van der Waals surface area contributed by atoms with E-state index in [4.69, 9.17) is 0 Å². The van der Waals surface area contributed by atoms with Gasteiger partial charge < -0.3 is 9.80 Å². The second kappa shape index (κ2) is 8.44. The Bertz CT molecular complexity index is 694. The van der Waals surface area contributed by atoms with Crippen molar-refractivity contribution in [2.75, 3.05) is 22.9 Å². The Morgan fingerprint density at radius 1 is 0.615 bits per heavy atom. The Balaban J connectivity index is 2.58. The van der Waals surface area contributed by atoms with E-state index in [1.807, 2.05) is 0 Å². The van der Waals surface area contributed by atoms with Crippen LogP contribution in [0.1, 0.15) is 49.9 Å². The molecule has 140 valence electrons. The molecule has 2 rings (SSSR count). The Labute approximate surface area is 160 Å². The maximum atomic E-state index is 2.45. The molecular formula is C24H34N2. The van der Waals surface area contributed by atoms with Gasteiger partial charge in [0.15, 0.2) is 0 Å². The lowest BCUT2D eigenvalue weighted by Crippen LogP contribution is -2.30. The molecule has 0 fully saturated rings. The zero-order chi connectivity index (χ0) is 19.4. The molecule has 2 heteroatoms. The van der Waals surface area contributed by atoms with Gasteiger partial charge in [0.2, 0.25) is 0 Å². The molecule has 0 spiro atoms.